The smallest absolute Gasteiger partial charge is 0.212 e. The number of Topliss-reactive ketones (excluding diaryl/α,β-unsaturated/α-hetero) is 1. The summed E-state index contributed by atoms with van der Waals surface area (Å²) in [7, 11) is -1.49. The minimum Gasteiger partial charge on any atom is -0.481 e. The first-order valence-corrected chi connectivity index (χ1v) is 8.90. The SMILES string of the molecule is COc1ccc(C(=O)C2CC3CCCC(C2)S3(=O)=O)cn1. The van der Waals surface area contributed by atoms with E-state index >= 15 is 0 Å². The standard InChI is InChI=1S/C15H19NO4S/c1-20-14-6-5-10(9-16-14)15(17)11-7-12-3-2-4-13(8-11)21(12,18)19/h5-6,9,11-13H,2-4,7-8H2,1H3. The highest BCUT2D eigenvalue weighted by Crippen LogP contribution is 2.40. The lowest BCUT2D eigenvalue weighted by molar-refractivity contribution is 0.0893. The van der Waals surface area contributed by atoms with Crippen molar-refractivity contribution in [2.75, 3.05) is 7.11 Å². The molecule has 114 valence electrons. The number of pyridine rings is 1. The number of methoxy groups -OCH3 is 1. The largest absolute Gasteiger partial charge is 0.481 e. The number of sulfone groups is 1. The molecule has 0 saturated carbocycles. The summed E-state index contributed by atoms with van der Waals surface area (Å²) in [6.07, 6.45) is 4.79. The van der Waals surface area contributed by atoms with Crippen molar-refractivity contribution >= 4 is 15.6 Å². The highest BCUT2D eigenvalue weighted by Gasteiger charge is 2.46. The summed E-state index contributed by atoms with van der Waals surface area (Å²) >= 11 is 0. The Hall–Kier alpha value is -1.43. The maximum atomic E-state index is 12.6. The molecule has 2 aliphatic rings. The lowest BCUT2D eigenvalue weighted by Gasteiger charge is -2.38. The molecule has 21 heavy (non-hydrogen) atoms. The summed E-state index contributed by atoms with van der Waals surface area (Å²) < 4.78 is 29.5. The third-order valence-corrected chi connectivity index (χ3v) is 7.39. The first-order valence-electron chi connectivity index (χ1n) is 7.29. The van der Waals surface area contributed by atoms with Gasteiger partial charge < -0.3 is 4.74 Å². The van der Waals surface area contributed by atoms with E-state index in [1.165, 1.54) is 13.3 Å². The van der Waals surface area contributed by atoms with Crippen LogP contribution >= 0.6 is 0 Å². The third-order valence-electron chi connectivity index (χ3n) is 4.68. The highest BCUT2D eigenvalue weighted by molar-refractivity contribution is 7.92. The molecule has 2 bridgehead atoms. The first kappa shape index (κ1) is 14.5. The quantitative estimate of drug-likeness (QED) is 0.799. The summed E-state index contributed by atoms with van der Waals surface area (Å²) in [5, 5.41) is -0.657. The zero-order valence-corrected chi connectivity index (χ0v) is 12.8. The molecule has 0 aliphatic carbocycles. The van der Waals surface area contributed by atoms with Crippen molar-refractivity contribution in [1.29, 1.82) is 0 Å². The Labute approximate surface area is 124 Å². The Balaban J connectivity index is 1.80. The van der Waals surface area contributed by atoms with E-state index in [1.807, 2.05) is 0 Å². The second-order valence-electron chi connectivity index (χ2n) is 5.89. The molecule has 0 aromatic carbocycles. The van der Waals surface area contributed by atoms with Crippen LogP contribution in [-0.2, 0) is 9.84 Å². The number of carbonyl (C=O) groups is 1. The lowest BCUT2D eigenvalue weighted by atomic mass is 9.85. The summed E-state index contributed by atoms with van der Waals surface area (Å²) in [5.74, 6) is 0.283. The van der Waals surface area contributed by atoms with E-state index in [4.69, 9.17) is 4.74 Å². The molecule has 5 nitrogen and oxygen atoms in total. The van der Waals surface area contributed by atoms with Crippen LogP contribution in [0.15, 0.2) is 18.3 Å². The van der Waals surface area contributed by atoms with Gasteiger partial charge in [-0.1, -0.05) is 6.42 Å². The maximum Gasteiger partial charge on any atom is 0.212 e. The van der Waals surface area contributed by atoms with E-state index in [9.17, 15) is 13.2 Å². The average molecular weight is 309 g/mol. The van der Waals surface area contributed by atoms with Crippen LogP contribution < -0.4 is 4.74 Å². The molecule has 1 aromatic heterocycles. The van der Waals surface area contributed by atoms with Crippen LogP contribution in [0.5, 0.6) is 5.88 Å². The number of fused-ring (bicyclic) bond motifs is 2. The number of nitrogens with zero attached hydrogens (tertiary/aromatic N) is 1. The Bertz CT molecular complexity index is 618. The monoisotopic (exact) mass is 309 g/mol. The highest BCUT2D eigenvalue weighted by atomic mass is 32.2. The number of hydrogen-bond acceptors (Lipinski definition) is 5. The number of hydrogen-bond donors (Lipinski definition) is 0. The van der Waals surface area contributed by atoms with E-state index < -0.39 is 9.84 Å². The molecule has 0 radical (unpaired) electrons. The predicted octanol–water partition coefficient (Wildman–Crippen LogP) is 2.02. The van der Waals surface area contributed by atoms with Gasteiger partial charge in [-0.3, -0.25) is 4.79 Å². The van der Waals surface area contributed by atoms with Gasteiger partial charge in [0.15, 0.2) is 15.6 Å². The lowest BCUT2D eigenvalue weighted by Crippen LogP contribution is -2.45. The fourth-order valence-corrected chi connectivity index (χ4v) is 6.04. The third kappa shape index (κ3) is 2.57. The van der Waals surface area contributed by atoms with Gasteiger partial charge in [0.05, 0.1) is 17.6 Å². The number of ketones is 1. The summed E-state index contributed by atoms with van der Waals surface area (Å²) in [4.78, 5) is 16.6. The molecule has 3 rings (SSSR count). The Morgan fingerprint density at radius 3 is 2.43 bits per heavy atom. The van der Waals surface area contributed by atoms with Crippen LogP contribution in [0.2, 0.25) is 0 Å². The van der Waals surface area contributed by atoms with Crippen LogP contribution in [0, 0.1) is 5.92 Å². The number of rotatable bonds is 3. The normalized spacial score (nSPS) is 30.6. The van der Waals surface area contributed by atoms with E-state index in [2.05, 4.69) is 4.98 Å². The predicted molar refractivity (Wildman–Crippen MR) is 78.2 cm³/mol. The number of carbonyl (C=O) groups excluding carboxylic acids is 1. The van der Waals surface area contributed by atoms with Gasteiger partial charge in [0.25, 0.3) is 0 Å². The Kier molecular flexibility index (Phi) is 3.73. The topological polar surface area (TPSA) is 73.3 Å². The summed E-state index contributed by atoms with van der Waals surface area (Å²) in [6.45, 7) is 0. The zero-order chi connectivity index (χ0) is 15.0. The molecule has 2 atom stereocenters. The Morgan fingerprint density at radius 2 is 1.90 bits per heavy atom. The van der Waals surface area contributed by atoms with Gasteiger partial charge in [-0.25, -0.2) is 13.4 Å². The van der Waals surface area contributed by atoms with E-state index in [1.54, 1.807) is 12.1 Å². The van der Waals surface area contributed by atoms with E-state index in [-0.39, 0.29) is 22.2 Å². The van der Waals surface area contributed by atoms with Crippen molar-refractivity contribution in [2.45, 2.75) is 42.6 Å². The fourth-order valence-electron chi connectivity index (χ4n) is 3.51. The molecule has 0 N–H and O–H groups in total. The minimum absolute atomic E-state index is 0.0111. The molecule has 1 aromatic rings. The summed E-state index contributed by atoms with van der Waals surface area (Å²) in [6, 6.07) is 3.36. The van der Waals surface area contributed by atoms with Gasteiger partial charge in [0.1, 0.15) is 0 Å². The molecule has 0 amide bonds. The van der Waals surface area contributed by atoms with Crippen LogP contribution in [0.1, 0.15) is 42.5 Å². The van der Waals surface area contributed by atoms with Crippen LogP contribution in [0.4, 0.5) is 0 Å². The van der Waals surface area contributed by atoms with Crippen LogP contribution in [-0.4, -0.2) is 36.8 Å². The molecule has 2 aliphatic heterocycles. The van der Waals surface area contributed by atoms with Crippen LogP contribution in [0.25, 0.3) is 0 Å². The molecule has 3 heterocycles. The molecule has 0 spiro atoms. The van der Waals surface area contributed by atoms with Crippen molar-refractivity contribution in [3.05, 3.63) is 23.9 Å². The molecule has 2 unspecified atom stereocenters. The number of aromatic nitrogens is 1. The molecular weight excluding hydrogens is 290 g/mol. The van der Waals surface area contributed by atoms with E-state index in [0.29, 0.717) is 37.1 Å². The summed E-state index contributed by atoms with van der Waals surface area (Å²) in [5.41, 5.74) is 0.540. The van der Waals surface area contributed by atoms with Crippen molar-refractivity contribution in [1.82, 2.24) is 4.98 Å². The Morgan fingerprint density at radius 1 is 1.24 bits per heavy atom. The van der Waals surface area contributed by atoms with Crippen molar-refractivity contribution in [3.8, 4) is 5.88 Å². The molecule has 2 fully saturated rings. The van der Waals surface area contributed by atoms with Crippen molar-refractivity contribution < 1.29 is 17.9 Å². The van der Waals surface area contributed by atoms with Gasteiger partial charge >= 0.3 is 0 Å². The maximum absolute atomic E-state index is 12.6. The molecule has 6 heteroatoms. The fraction of sp³-hybridized carbons (Fsp3) is 0.600. The van der Waals surface area contributed by atoms with Gasteiger partial charge in [0, 0.05) is 23.7 Å². The van der Waals surface area contributed by atoms with Gasteiger partial charge in [0.2, 0.25) is 5.88 Å². The second kappa shape index (κ2) is 5.40. The zero-order valence-electron chi connectivity index (χ0n) is 12.0. The molecule has 2 saturated heterocycles. The van der Waals surface area contributed by atoms with E-state index in [0.717, 1.165) is 6.42 Å². The minimum atomic E-state index is -3.01. The number of ether oxygens (including phenoxy) is 1. The van der Waals surface area contributed by atoms with Crippen molar-refractivity contribution in [2.24, 2.45) is 5.92 Å². The molecular formula is C15H19NO4S. The average Bonchev–Trinajstić information content (AvgIpc) is 2.45. The first-order chi connectivity index (χ1) is 10.0. The van der Waals surface area contributed by atoms with Gasteiger partial charge in [-0.15, -0.1) is 0 Å². The second-order valence-corrected chi connectivity index (χ2v) is 8.40. The van der Waals surface area contributed by atoms with Gasteiger partial charge in [-0.2, -0.15) is 0 Å². The van der Waals surface area contributed by atoms with Crippen LogP contribution in [0.3, 0.4) is 0 Å². The van der Waals surface area contributed by atoms with Crippen molar-refractivity contribution in [3.63, 3.8) is 0 Å². The van der Waals surface area contributed by atoms with Gasteiger partial charge in [-0.05, 0) is 31.7 Å².